The van der Waals surface area contributed by atoms with E-state index in [-0.39, 0.29) is 17.2 Å². The average molecular weight is 369 g/mol. The van der Waals surface area contributed by atoms with Gasteiger partial charge in [0.05, 0.1) is 24.1 Å². The van der Waals surface area contributed by atoms with Crippen LogP contribution in [0.1, 0.15) is 47.6 Å². The normalized spacial score (nSPS) is 23.1. The van der Waals surface area contributed by atoms with Crippen molar-refractivity contribution < 1.29 is 14.1 Å². The van der Waals surface area contributed by atoms with Gasteiger partial charge < -0.3 is 14.3 Å². The fourth-order valence-corrected chi connectivity index (χ4v) is 4.14. The van der Waals surface area contributed by atoms with E-state index in [1.807, 2.05) is 16.7 Å². The van der Waals surface area contributed by atoms with E-state index in [2.05, 4.69) is 15.1 Å². The Hall–Kier alpha value is -2.77. The van der Waals surface area contributed by atoms with Crippen LogP contribution in [-0.2, 0) is 11.3 Å². The van der Waals surface area contributed by atoms with Crippen molar-refractivity contribution in [3.05, 3.63) is 41.8 Å². The molecule has 1 spiro atoms. The molecule has 2 aromatic rings. The van der Waals surface area contributed by atoms with Gasteiger partial charge in [0.1, 0.15) is 6.26 Å². The monoisotopic (exact) mass is 369 g/mol. The summed E-state index contributed by atoms with van der Waals surface area (Å²) in [6, 6.07) is 1.59. The second kappa shape index (κ2) is 7.09. The van der Waals surface area contributed by atoms with Gasteiger partial charge in [0.15, 0.2) is 5.69 Å². The Morgan fingerprint density at radius 1 is 1.26 bits per heavy atom. The van der Waals surface area contributed by atoms with Crippen molar-refractivity contribution in [2.45, 2.75) is 39.2 Å². The fraction of sp³-hybridized carbons (Fsp3) is 0.526. The Kier molecular flexibility index (Phi) is 4.63. The van der Waals surface area contributed by atoms with Crippen LogP contribution >= 0.6 is 0 Å². The standard InChI is InChI=1S/C19H23N5O3/c1-14-9-21-15(10-20-14)11-24-13-19(6-3-17(24)25)5-2-7-23(12-19)18(26)16-4-8-27-22-16/h4,8-10H,2-3,5-7,11-13H2,1H3/t19-/m0/s1. The molecule has 0 unspecified atom stereocenters. The summed E-state index contributed by atoms with van der Waals surface area (Å²) < 4.78 is 4.81. The van der Waals surface area contributed by atoms with Crippen LogP contribution in [0.3, 0.4) is 0 Å². The van der Waals surface area contributed by atoms with Gasteiger partial charge in [-0.05, 0) is 26.2 Å². The molecule has 0 aromatic carbocycles. The third kappa shape index (κ3) is 3.70. The number of piperidine rings is 2. The Morgan fingerprint density at radius 3 is 2.89 bits per heavy atom. The third-order valence-electron chi connectivity index (χ3n) is 5.54. The van der Waals surface area contributed by atoms with Crippen LogP contribution in [-0.4, -0.2) is 56.4 Å². The van der Waals surface area contributed by atoms with E-state index in [1.54, 1.807) is 18.5 Å². The Bertz CT molecular complexity index is 820. The second-order valence-electron chi connectivity index (χ2n) is 7.61. The number of hydrogen-bond donors (Lipinski definition) is 0. The topological polar surface area (TPSA) is 92.4 Å². The lowest BCUT2D eigenvalue weighted by atomic mass is 9.73. The van der Waals surface area contributed by atoms with Crippen LogP contribution in [0.2, 0.25) is 0 Å². The molecule has 8 heteroatoms. The number of aryl methyl sites for hydroxylation is 1. The lowest BCUT2D eigenvalue weighted by Crippen LogP contribution is -2.54. The summed E-state index contributed by atoms with van der Waals surface area (Å²) in [5, 5.41) is 3.77. The Labute approximate surface area is 157 Å². The van der Waals surface area contributed by atoms with Crippen LogP contribution < -0.4 is 0 Å². The first kappa shape index (κ1) is 17.6. The van der Waals surface area contributed by atoms with Gasteiger partial charge in [0.2, 0.25) is 5.91 Å². The molecule has 4 rings (SSSR count). The first-order chi connectivity index (χ1) is 13.0. The summed E-state index contributed by atoms with van der Waals surface area (Å²) in [6.07, 6.45) is 8.12. The molecule has 2 fully saturated rings. The number of carbonyl (C=O) groups excluding carboxylic acids is 2. The highest BCUT2D eigenvalue weighted by Crippen LogP contribution is 2.39. The molecule has 0 saturated carbocycles. The first-order valence-corrected chi connectivity index (χ1v) is 9.30. The maximum Gasteiger partial charge on any atom is 0.276 e. The lowest BCUT2D eigenvalue weighted by molar-refractivity contribution is -0.139. The molecule has 2 amide bonds. The maximum absolute atomic E-state index is 12.7. The highest BCUT2D eigenvalue weighted by atomic mass is 16.5. The number of carbonyl (C=O) groups is 2. The molecule has 0 bridgehead atoms. The zero-order valence-corrected chi connectivity index (χ0v) is 15.4. The smallest absolute Gasteiger partial charge is 0.276 e. The highest BCUT2D eigenvalue weighted by Gasteiger charge is 2.43. The summed E-state index contributed by atoms with van der Waals surface area (Å²) >= 11 is 0. The van der Waals surface area contributed by atoms with Crippen molar-refractivity contribution in [2.24, 2.45) is 5.41 Å². The minimum Gasteiger partial charge on any atom is -0.364 e. The van der Waals surface area contributed by atoms with E-state index in [0.29, 0.717) is 38.3 Å². The summed E-state index contributed by atoms with van der Waals surface area (Å²) in [6.45, 7) is 4.35. The van der Waals surface area contributed by atoms with Crippen molar-refractivity contribution in [2.75, 3.05) is 19.6 Å². The molecule has 142 valence electrons. The van der Waals surface area contributed by atoms with Crippen LogP contribution in [0.5, 0.6) is 0 Å². The molecular weight excluding hydrogens is 346 g/mol. The lowest BCUT2D eigenvalue weighted by Gasteiger charge is -2.48. The number of hydrogen-bond acceptors (Lipinski definition) is 6. The summed E-state index contributed by atoms with van der Waals surface area (Å²) in [5.41, 5.74) is 1.92. The zero-order valence-electron chi connectivity index (χ0n) is 15.4. The Balaban J connectivity index is 1.47. The Morgan fingerprint density at radius 2 is 2.15 bits per heavy atom. The fourth-order valence-electron chi connectivity index (χ4n) is 4.14. The van der Waals surface area contributed by atoms with Gasteiger partial charge in [-0.3, -0.25) is 19.6 Å². The molecule has 0 aliphatic carbocycles. The molecule has 8 nitrogen and oxygen atoms in total. The molecule has 0 N–H and O–H groups in total. The van der Waals surface area contributed by atoms with E-state index in [4.69, 9.17) is 4.52 Å². The van der Waals surface area contributed by atoms with Gasteiger partial charge >= 0.3 is 0 Å². The van der Waals surface area contributed by atoms with Gasteiger partial charge in [0, 0.05) is 43.7 Å². The molecule has 4 heterocycles. The predicted molar refractivity (Wildman–Crippen MR) is 95.5 cm³/mol. The second-order valence-corrected chi connectivity index (χ2v) is 7.61. The maximum atomic E-state index is 12.7. The molecule has 2 aromatic heterocycles. The molecule has 27 heavy (non-hydrogen) atoms. The summed E-state index contributed by atoms with van der Waals surface area (Å²) in [4.78, 5) is 37.5. The molecule has 2 saturated heterocycles. The van der Waals surface area contributed by atoms with Crippen molar-refractivity contribution in [1.82, 2.24) is 24.9 Å². The van der Waals surface area contributed by atoms with Crippen molar-refractivity contribution in [3.8, 4) is 0 Å². The van der Waals surface area contributed by atoms with E-state index < -0.39 is 0 Å². The summed E-state index contributed by atoms with van der Waals surface area (Å²) in [5.74, 6) is 0.0404. The van der Waals surface area contributed by atoms with Gasteiger partial charge in [-0.15, -0.1) is 0 Å². The molecule has 2 aliphatic rings. The van der Waals surface area contributed by atoms with E-state index in [1.165, 1.54) is 6.26 Å². The number of nitrogens with zero attached hydrogens (tertiary/aromatic N) is 5. The number of rotatable bonds is 3. The minimum atomic E-state index is -0.101. The van der Waals surface area contributed by atoms with E-state index in [0.717, 1.165) is 30.7 Å². The predicted octanol–water partition coefficient (Wildman–Crippen LogP) is 1.82. The van der Waals surface area contributed by atoms with Crippen molar-refractivity contribution >= 4 is 11.8 Å². The largest absolute Gasteiger partial charge is 0.364 e. The van der Waals surface area contributed by atoms with E-state index in [9.17, 15) is 9.59 Å². The molecule has 1 atom stereocenters. The molecule has 2 aliphatic heterocycles. The van der Waals surface area contributed by atoms with Crippen LogP contribution in [0.15, 0.2) is 29.2 Å². The number of likely N-dealkylation sites (tertiary alicyclic amines) is 2. The van der Waals surface area contributed by atoms with Gasteiger partial charge in [-0.2, -0.15) is 0 Å². The first-order valence-electron chi connectivity index (χ1n) is 9.30. The van der Waals surface area contributed by atoms with Gasteiger partial charge in [0.25, 0.3) is 5.91 Å². The van der Waals surface area contributed by atoms with Crippen LogP contribution in [0.4, 0.5) is 0 Å². The number of amides is 2. The SMILES string of the molecule is Cc1cnc(CN2C[C@@]3(CCCN(C(=O)c4ccon4)C3)CCC2=O)cn1. The highest BCUT2D eigenvalue weighted by molar-refractivity contribution is 5.92. The van der Waals surface area contributed by atoms with Gasteiger partial charge in [-0.1, -0.05) is 5.16 Å². The van der Waals surface area contributed by atoms with Gasteiger partial charge in [-0.25, -0.2) is 0 Å². The molecule has 0 radical (unpaired) electrons. The van der Waals surface area contributed by atoms with Crippen molar-refractivity contribution in [1.29, 1.82) is 0 Å². The minimum absolute atomic E-state index is 0.0658. The average Bonchev–Trinajstić information content (AvgIpc) is 3.21. The summed E-state index contributed by atoms with van der Waals surface area (Å²) in [7, 11) is 0. The van der Waals surface area contributed by atoms with Crippen LogP contribution in [0.25, 0.3) is 0 Å². The van der Waals surface area contributed by atoms with Crippen LogP contribution in [0, 0.1) is 12.3 Å². The third-order valence-corrected chi connectivity index (χ3v) is 5.54. The molecular formula is C19H23N5O3. The quantitative estimate of drug-likeness (QED) is 0.819. The van der Waals surface area contributed by atoms with Crippen molar-refractivity contribution in [3.63, 3.8) is 0 Å². The zero-order chi connectivity index (χ0) is 18.9. The number of aromatic nitrogens is 3. The van der Waals surface area contributed by atoms with E-state index >= 15 is 0 Å².